The highest BCUT2D eigenvalue weighted by Gasteiger charge is 2.17. The molecule has 0 atom stereocenters. The first kappa shape index (κ1) is 19.7. The Hall–Kier alpha value is -3.02. The molecule has 0 bridgehead atoms. The Bertz CT molecular complexity index is 801. The maximum atomic E-state index is 12.3. The molecule has 6 nitrogen and oxygen atoms in total. The Kier molecular flexibility index (Phi) is 6.89. The Morgan fingerprint density at radius 3 is 2.50 bits per heavy atom. The molecule has 0 aromatic heterocycles. The highest BCUT2D eigenvalue weighted by atomic mass is 16.5. The first-order chi connectivity index (χ1) is 13.6. The van der Waals surface area contributed by atoms with Gasteiger partial charge >= 0.3 is 5.97 Å². The molecule has 2 aromatic carbocycles. The van der Waals surface area contributed by atoms with Gasteiger partial charge in [0.05, 0.1) is 24.3 Å². The number of amides is 1. The number of benzene rings is 2. The van der Waals surface area contributed by atoms with Crippen molar-refractivity contribution >= 4 is 17.6 Å². The Balaban J connectivity index is 1.52. The van der Waals surface area contributed by atoms with Crippen LogP contribution in [0.4, 0.5) is 5.69 Å². The van der Waals surface area contributed by atoms with Gasteiger partial charge in [-0.05, 0) is 43.0 Å². The third kappa shape index (κ3) is 5.49. The Morgan fingerprint density at radius 1 is 1.00 bits per heavy atom. The Labute approximate surface area is 165 Å². The summed E-state index contributed by atoms with van der Waals surface area (Å²) in [6.45, 7) is 2.07. The van der Waals surface area contributed by atoms with E-state index >= 15 is 0 Å². The molecule has 0 saturated carbocycles. The topological polar surface area (TPSA) is 81.9 Å². The van der Waals surface area contributed by atoms with Gasteiger partial charge in [-0.3, -0.25) is 4.79 Å². The van der Waals surface area contributed by atoms with E-state index in [9.17, 15) is 9.59 Å². The average molecular weight is 382 g/mol. The van der Waals surface area contributed by atoms with Crippen LogP contribution in [-0.2, 0) is 16.1 Å². The molecule has 3 rings (SSSR count). The van der Waals surface area contributed by atoms with Crippen molar-refractivity contribution in [3.05, 3.63) is 59.7 Å². The third-order valence-corrected chi connectivity index (χ3v) is 4.74. The second kappa shape index (κ2) is 9.78. The average Bonchev–Trinajstić information content (AvgIpc) is 2.74. The predicted molar refractivity (Wildman–Crippen MR) is 107 cm³/mol. The summed E-state index contributed by atoms with van der Waals surface area (Å²) >= 11 is 0. The molecule has 0 radical (unpaired) electrons. The second-order valence-electron chi connectivity index (χ2n) is 6.85. The smallest absolute Gasteiger partial charge is 0.338 e. The summed E-state index contributed by atoms with van der Waals surface area (Å²) < 4.78 is 11.0. The lowest BCUT2D eigenvalue weighted by Crippen LogP contribution is -2.36. The molecule has 6 heteroatoms. The number of hydrogen-bond acceptors (Lipinski definition) is 5. The standard InChI is InChI=1S/C22H26N2O4/c23-19-10-9-18(22(26)28-16-17-7-3-1-4-8-17)15-20(19)27-14-11-21(25)24-12-5-2-6-13-24/h1,3-4,7-10,15H,2,5-6,11-14,16,23H2. The first-order valence-electron chi connectivity index (χ1n) is 9.64. The molecule has 1 amide bonds. The molecule has 1 aliphatic rings. The van der Waals surface area contributed by atoms with Crippen LogP contribution in [0.1, 0.15) is 41.6 Å². The quantitative estimate of drug-likeness (QED) is 0.586. The number of esters is 1. The number of rotatable bonds is 7. The van der Waals surface area contributed by atoms with Gasteiger partial charge in [-0.15, -0.1) is 0 Å². The summed E-state index contributed by atoms with van der Waals surface area (Å²) in [5.41, 5.74) is 7.64. The molecular weight excluding hydrogens is 356 g/mol. The zero-order valence-corrected chi connectivity index (χ0v) is 15.9. The zero-order chi connectivity index (χ0) is 19.8. The number of likely N-dealkylation sites (tertiary alicyclic amines) is 1. The number of ether oxygens (including phenoxy) is 2. The van der Waals surface area contributed by atoms with E-state index < -0.39 is 5.97 Å². The molecular formula is C22H26N2O4. The first-order valence-corrected chi connectivity index (χ1v) is 9.64. The van der Waals surface area contributed by atoms with Crippen LogP contribution < -0.4 is 10.5 Å². The highest BCUT2D eigenvalue weighted by Crippen LogP contribution is 2.24. The van der Waals surface area contributed by atoms with E-state index in [4.69, 9.17) is 15.2 Å². The van der Waals surface area contributed by atoms with Crippen LogP contribution in [0.15, 0.2) is 48.5 Å². The van der Waals surface area contributed by atoms with E-state index in [0.717, 1.165) is 31.5 Å². The number of carbonyl (C=O) groups excluding carboxylic acids is 2. The largest absolute Gasteiger partial charge is 0.491 e. The summed E-state index contributed by atoms with van der Waals surface area (Å²) in [7, 11) is 0. The minimum Gasteiger partial charge on any atom is -0.491 e. The molecule has 148 valence electrons. The fourth-order valence-electron chi connectivity index (χ4n) is 3.14. The third-order valence-electron chi connectivity index (χ3n) is 4.74. The minimum atomic E-state index is -0.446. The van der Waals surface area contributed by atoms with Crippen LogP contribution in [0, 0.1) is 0 Å². The van der Waals surface area contributed by atoms with E-state index in [2.05, 4.69) is 0 Å². The number of hydrogen-bond donors (Lipinski definition) is 1. The van der Waals surface area contributed by atoms with Crippen molar-refractivity contribution in [3.8, 4) is 5.75 Å². The molecule has 2 N–H and O–H groups in total. The molecule has 2 aromatic rings. The Morgan fingerprint density at radius 2 is 1.75 bits per heavy atom. The van der Waals surface area contributed by atoms with Crippen molar-refractivity contribution in [3.63, 3.8) is 0 Å². The van der Waals surface area contributed by atoms with Gasteiger partial charge < -0.3 is 20.1 Å². The summed E-state index contributed by atoms with van der Waals surface area (Å²) in [6, 6.07) is 14.3. The molecule has 1 saturated heterocycles. The number of anilines is 1. The number of nitrogens with two attached hydrogens (primary N) is 1. The van der Waals surface area contributed by atoms with Gasteiger partial charge in [0.2, 0.25) is 5.91 Å². The number of piperidine rings is 1. The molecule has 0 spiro atoms. The monoisotopic (exact) mass is 382 g/mol. The molecule has 1 aliphatic heterocycles. The van der Waals surface area contributed by atoms with Crippen molar-refractivity contribution in [1.82, 2.24) is 4.90 Å². The van der Waals surface area contributed by atoms with Crippen LogP contribution in [0.2, 0.25) is 0 Å². The summed E-state index contributed by atoms with van der Waals surface area (Å²) in [4.78, 5) is 26.4. The van der Waals surface area contributed by atoms with Crippen molar-refractivity contribution in [1.29, 1.82) is 0 Å². The maximum absolute atomic E-state index is 12.3. The van der Waals surface area contributed by atoms with Crippen LogP contribution in [-0.4, -0.2) is 36.5 Å². The normalized spacial score (nSPS) is 13.8. The van der Waals surface area contributed by atoms with Gasteiger partial charge in [0.25, 0.3) is 0 Å². The van der Waals surface area contributed by atoms with Crippen molar-refractivity contribution in [2.24, 2.45) is 0 Å². The van der Waals surface area contributed by atoms with Crippen molar-refractivity contribution < 1.29 is 19.1 Å². The van der Waals surface area contributed by atoms with Gasteiger partial charge in [-0.2, -0.15) is 0 Å². The van der Waals surface area contributed by atoms with Gasteiger partial charge in [0, 0.05) is 13.1 Å². The number of carbonyl (C=O) groups is 2. The van der Waals surface area contributed by atoms with E-state index in [0.29, 0.717) is 23.4 Å². The van der Waals surface area contributed by atoms with Crippen molar-refractivity contribution in [2.75, 3.05) is 25.4 Å². The van der Waals surface area contributed by atoms with Crippen molar-refractivity contribution in [2.45, 2.75) is 32.3 Å². The molecule has 0 unspecified atom stereocenters. The van der Waals surface area contributed by atoms with E-state index in [1.807, 2.05) is 35.2 Å². The van der Waals surface area contributed by atoms with Crippen LogP contribution in [0.5, 0.6) is 5.75 Å². The van der Waals surface area contributed by atoms with Gasteiger partial charge in [-0.25, -0.2) is 4.79 Å². The molecule has 1 fully saturated rings. The van der Waals surface area contributed by atoms with Gasteiger partial charge in [0.15, 0.2) is 0 Å². The van der Waals surface area contributed by atoms with E-state index in [1.165, 1.54) is 6.42 Å². The number of nitrogens with zero attached hydrogens (tertiary/aromatic N) is 1. The maximum Gasteiger partial charge on any atom is 0.338 e. The fraction of sp³-hybridized carbons (Fsp3) is 0.364. The SMILES string of the molecule is Nc1ccc(C(=O)OCc2ccccc2)cc1OCCC(=O)N1CCCCC1. The zero-order valence-electron chi connectivity index (χ0n) is 15.9. The predicted octanol–water partition coefficient (Wildman–Crippen LogP) is 3.41. The highest BCUT2D eigenvalue weighted by molar-refractivity contribution is 5.90. The van der Waals surface area contributed by atoms with Crippen LogP contribution in [0.3, 0.4) is 0 Å². The van der Waals surface area contributed by atoms with E-state index in [1.54, 1.807) is 18.2 Å². The van der Waals surface area contributed by atoms with Crippen LogP contribution >= 0.6 is 0 Å². The fourth-order valence-corrected chi connectivity index (χ4v) is 3.14. The van der Waals surface area contributed by atoms with Gasteiger partial charge in [0.1, 0.15) is 12.4 Å². The summed E-state index contributed by atoms with van der Waals surface area (Å²) in [5.74, 6) is 0.0374. The van der Waals surface area contributed by atoms with Crippen LogP contribution in [0.25, 0.3) is 0 Å². The van der Waals surface area contributed by atoms with E-state index in [-0.39, 0.29) is 19.1 Å². The number of nitrogen functional groups attached to an aromatic ring is 1. The second-order valence-corrected chi connectivity index (χ2v) is 6.85. The lowest BCUT2D eigenvalue weighted by atomic mass is 10.1. The molecule has 1 heterocycles. The lowest BCUT2D eigenvalue weighted by molar-refractivity contribution is -0.132. The molecule has 28 heavy (non-hydrogen) atoms. The van der Waals surface area contributed by atoms with Gasteiger partial charge in [-0.1, -0.05) is 30.3 Å². The minimum absolute atomic E-state index is 0.0942. The lowest BCUT2D eigenvalue weighted by Gasteiger charge is -2.26. The molecule has 0 aliphatic carbocycles. The summed E-state index contributed by atoms with van der Waals surface area (Å²) in [6.07, 6.45) is 3.60. The summed E-state index contributed by atoms with van der Waals surface area (Å²) in [5, 5.41) is 0.